The molecule has 2 aromatic rings. The van der Waals surface area contributed by atoms with Gasteiger partial charge in [-0.25, -0.2) is 0 Å². The summed E-state index contributed by atoms with van der Waals surface area (Å²) in [4.78, 5) is 0. The molecule has 0 fully saturated rings. The number of hydrogen-bond acceptors (Lipinski definition) is 2. The molecule has 0 heterocycles. The fourth-order valence-corrected chi connectivity index (χ4v) is 1.56. The van der Waals surface area contributed by atoms with Gasteiger partial charge in [0.2, 0.25) is 0 Å². The third-order valence-corrected chi connectivity index (χ3v) is 2.49. The first-order valence-corrected chi connectivity index (χ1v) is 5.19. The summed E-state index contributed by atoms with van der Waals surface area (Å²) >= 11 is 0. The third-order valence-electron chi connectivity index (χ3n) is 2.49. The molecule has 0 aliphatic heterocycles. The quantitative estimate of drug-likeness (QED) is 0.848. The normalized spacial score (nSPS) is 10.1. The molecule has 81 valence electrons. The van der Waals surface area contributed by atoms with Crippen LogP contribution in [0.5, 0.6) is 5.75 Å². The van der Waals surface area contributed by atoms with Crippen LogP contribution in [0.2, 0.25) is 0 Å². The zero-order valence-electron chi connectivity index (χ0n) is 9.23. The van der Waals surface area contributed by atoms with Crippen LogP contribution in [0.4, 0.5) is 0 Å². The van der Waals surface area contributed by atoms with Gasteiger partial charge >= 0.3 is 0 Å². The van der Waals surface area contributed by atoms with E-state index in [9.17, 15) is 0 Å². The topological polar surface area (TPSA) is 35.2 Å². The van der Waals surface area contributed by atoms with Gasteiger partial charge in [0, 0.05) is 12.6 Å². The van der Waals surface area contributed by atoms with Gasteiger partial charge in [0.1, 0.15) is 5.75 Å². The highest BCUT2D eigenvalue weighted by Crippen LogP contribution is 2.23. The van der Waals surface area contributed by atoms with Crippen molar-refractivity contribution in [2.24, 2.45) is 5.73 Å². The van der Waals surface area contributed by atoms with Crippen LogP contribution in [-0.4, -0.2) is 7.11 Å². The Kier molecular flexibility index (Phi) is 3.22. The minimum absolute atomic E-state index is 0.572. The maximum atomic E-state index is 5.56. The second-order valence-corrected chi connectivity index (χ2v) is 3.53. The number of benzene rings is 2. The molecule has 0 aliphatic carbocycles. The first-order chi connectivity index (χ1) is 7.83. The minimum atomic E-state index is 0.572. The molecule has 0 saturated carbocycles. The Hall–Kier alpha value is -1.80. The summed E-state index contributed by atoms with van der Waals surface area (Å²) in [6, 6.07) is 17.2. The lowest BCUT2D eigenvalue weighted by molar-refractivity contribution is 0.414. The fourth-order valence-electron chi connectivity index (χ4n) is 1.56. The Morgan fingerprint density at radius 2 is 1.88 bits per heavy atom. The Labute approximate surface area is 95.7 Å². The molecule has 0 atom stereocenters. The average molecular weight is 212 g/mol. The van der Waals surface area contributed by atoms with Gasteiger partial charge in [-0.1, -0.05) is 36.4 Å². The predicted octanol–water partition coefficient (Wildman–Crippen LogP) is 2.62. The molecule has 2 rings (SSSR count). The fraction of sp³-hybridized carbons (Fsp3) is 0.143. The zero-order chi connectivity index (χ0) is 11.4. The summed E-state index contributed by atoms with van der Waals surface area (Å²) in [5, 5.41) is 0. The standard InChI is InChI=1S/C14H14NO/c1-16-14-4-2-3-13(9-14)12-7-5-11(10-15)6-8-12/h2-8H,10,15H2,1H3. The van der Waals surface area contributed by atoms with Gasteiger partial charge in [-0.3, -0.25) is 0 Å². The first kappa shape index (κ1) is 10.7. The second-order valence-electron chi connectivity index (χ2n) is 3.53. The van der Waals surface area contributed by atoms with Crippen molar-refractivity contribution in [3.05, 3.63) is 54.1 Å². The SMILES string of the molecule is COc1[c]c(-c2ccc(CN)cc2)ccc1. The molecule has 2 N–H and O–H groups in total. The number of ether oxygens (including phenoxy) is 1. The molecule has 1 radical (unpaired) electrons. The van der Waals surface area contributed by atoms with Crippen molar-refractivity contribution < 1.29 is 4.74 Å². The van der Waals surface area contributed by atoms with Crippen molar-refractivity contribution >= 4 is 0 Å². The van der Waals surface area contributed by atoms with Gasteiger partial charge in [0.05, 0.1) is 7.11 Å². The number of hydrogen-bond donors (Lipinski definition) is 1. The zero-order valence-corrected chi connectivity index (χ0v) is 9.23. The summed E-state index contributed by atoms with van der Waals surface area (Å²) in [6.45, 7) is 0.572. The van der Waals surface area contributed by atoms with E-state index in [1.807, 2.05) is 42.5 Å². The number of rotatable bonds is 3. The van der Waals surface area contributed by atoms with E-state index >= 15 is 0 Å². The van der Waals surface area contributed by atoms with Gasteiger partial charge in [-0.2, -0.15) is 0 Å². The van der Waals surface area contributed by atoms with E-state index in [4.69, 9.17) is 10.5 Å². The Morgan fingerprint density at radius 3 is 2.50 bits per heavy atom. The predicted molar refractivity (Wildman–Crippen MR) is 65.2 cm³/mol. The minimum Gasteiger partial charge on any atom is -0.496 e. The molecule has 0 aliphatic rings. The van der Waals surface area contributed by atoms with Crippen LogP contribution in [-0.2, 0) is 6.54 Å². The van der Waals surface area contributed by atoms with Gasteiger partial charge in [0.15, 0.2) is 0 Å². The Morgan fingerprint density at radius 1 is 1.12 bits per heavy atom. The van der Waals surface area contributed by atoms with Gasteiger partial charge in [0.25, 0.3) is 0 Å². The highest BCUT2D eigenvalue weighted by atomic mass is 16.5. The highest BCUT2D eigenvalue weighted by Gasteiger charge is 1.99. The molecule has 0 aromatic heterocycles. The molecule has 0 amide bonds. The van der Waals surface area contributed by atoms with Crippen molar-refractivity contribution in [3.63, 3.8) is 0 Å². The summed E-state index contributed by atoms with van der Waals surface area (Å²) in [6.07, 6.45) is 0. The third kappa shape index (κ3) is 2.23. The van der Waals surface area contributed by atoms with Crippen molar-refractivity contribution in [3.8, 4) is 16.9 Å². The lowest BCUT2D eigenvalue weighted by Crippen LogP contribution is -1.95. The van der Waals surface area contributed by atoms with E-state index in [1.54, 1.807) is 7.11 Å². The first-order valence-electron chi connectivity index (χ1n) is 5.19. The number of nitrogens with two attached hydrogens (primary N) is 1. The van der Waals surface area contributed by atoms with E-state index in [-0.39, 0.29) is 0 Å². The van der Waals surface area contributed by atoms with E-state index in [2.05, 4.69) is 6.07 Å². The summed E-state index contributed by atoms with van der Waals surface area (Å²) in [5.41, 5.74) is 8.84. The Balaban J connectivity index is 2.34. The maximum Gasteiger partial charge on any atom is 0.127 e. The van der Waals surface area contributed by atoms with Crippen LogP contribution >= 0.6 is 0 Å². The summed E-state index contributed by atoms with van der Waals surface area (Å²) in [5.74, 6) is 0.750. The van der Waals surface area contributed by atoms with E-state index in [0.717, 1.165) is 22.4 Å². The van der Waals surface area contributed by atoms with E-state index in [1.165, 1.54) is 0 Å². The average Bonchev–Trinajstić information content (AvgIpc) is 2.39. The van der Waals surface area contributed by atoms with E-state index < -0.39 is 0 Å². The smallest absolute Gasteiger partial charge is 0.127 e. The lowest BCUT2D eigenvalue weighted by Gasteiger charge is -2.04. The number of methoxy groups -OCH3 is 1. The molecule has 16 heavy (non-hydrogen) atoms. The molecule has 2 heteroatoms. The molecule has 0 bridgehead atoms. The largest absolute Gasteiger partial charge is 0.496 e. The van der Waals surface area contributed by atoms with Crippen LogP contribution in [0.1, 0.15) is 5.56 Å². The molecule has 2 nitrogen and oxygen atoms in total. The van der Waals surface area contributed by atoms with Crippen LogP contribution < -0.4 is 10.5 Å². The highest BCUT2D eigenvalue weighted by molar-refractivity contribution is 5.64. The maximum absolute atomic E-state index is 5.56. The second kappa shape index (κ2) is 4.81. The van der Waals surface area contributed by atoms with Crippen LogP contribution in [0.3, 0.4) is 0 Å². The van der Waals surface area contributed by atoms with Gasteiger partial charge in [-0.05, 0) is 22.8 Å². The van der Waals surface area contributed by atoms with Gasteiger partial charge < -0.3 is 10.5 Å². The van der Waals surface area contributed by atoms with Crippen molar-refractivity contribution in [2.75, 3.05) is 7.11 Å². The molecule has 2 aromatic carbocycles. The molecule has 0 spiro atoms. The van der Waals surface area contributed by atoms with Crippen LogP contribution in [0.25, 0.3) is 11.1 Å². The van der Waals surface area contributed by atoms with E-state index in [0.29, 0.717) is 6.54 Å². The molecule has 0 saturated heterocycles. The van der Waals surface area contributed by atoms with Crippen LogP contribution in [0.15, 0.2) is 42.5 Å². The van der Waals surface area contributed by atoms with Crippen molar-refractivity contribution in [1.82, 2.24) is 0 Å². The monoisotopic (exact) mass is 212 g/mol. The molecular formula is C14H14NO. The summed E-state index contributed by atoms with van der Waals surface area (Å²) in [7, 11) is 1.65. The summed E-state index contributed by atoms with van der Waals surface area (Å²) < 4.78 is 5.15. The van der Waals surface area contributed by atoms with Crippen molar-refractivity contribution in [1.29, 1.82) is 0 Å². The van der Waals surface area contributed by atoms with Gasteiger partial charge in [-0.15, -0.1) is 0 Å². The van der Waals surface area contributed by atoms with Crippen LogP contribution in [0, 0.1) is 6.07 Å². The molecule has 0 unspecified atom stereocenters. The Bertz CT molecular complexity index is 462. The molecular weight excluding hydrogens is 198 g/mol. The van der Waals surface area contributed by atoms with Crippen molar-refractivity contribution in [2.45, 2.75) is 6.54 Å². The lowest BCUT2D eigenvalue weighted by atomic mass is 10.0.